The van der Waals surface area contributed by atoms with Gasteiger partial charge in [-0.25, -0.2) is 18.4 Å². The summed E-state index contributed by atoms with van der Waals surface area (Å²) in [6.07, 6.45) is 1.99. The Kier molecular flexibility index (Phi) is 4.14. The van der Waals surface area contributed by atoms with E-state index < -0.39 is 9.84 Å². The molecule has 1 saturated heterocycles. The van der Waals surface area contributed by atoms with Crippen molar-refractivity contribution in [3.05, 3.63) is 17.8 Å². The molecular formula is C12H13N3O3S3. The molecule has 1 atom stereocenters. The van der Waals surface area contributed by atoms with E-state index >= 15 is 0 Å². The first-order valence-corrected chi connectivity index (χ1v) is 10.0. The third-order valence-corrected chi connectivity index (χ3v) is 6.76. The second-order valence-corrected chi connectivity index (χ2v) is 8.86. The van der Waals surface area contributed by atoms with E-state index in [0.29, 0.717) is 6.42 Å². The highest BCUT2D eigenvalue weighted by Gasteiger charge is 2.28. The predicted molar refractivity (Wildman–Crippen MR) is 83.3 cm³/mol. The van der Waals surface area contributed by atoms with E-state index in [4.69, 9.17) is 0 Å². The summed E-state index contributed by atoms with van der Waals surface area (Å²) in [5.41, 5.74) is 0. The zero-order valence-corrected chi connectivity index (χ0v) is 13.4. The molecule has 0 aromatic carbocycles. The minimum atomic E-state index is -2.97. The third kappa shape index (κ3) is 3.53. The molecule has 1 N–H and O–H groups in total. The lowest BCUT2D eigenvalue weighted by atomic mass is 10.3. The first-order chi connectivity index (χ1) is 10.0. The van der Waals surface area contributed by atoms with Crippen molar-refractivity contribution in [1.29, 1.82) is 0 Å². The molecule has 1 amide bonds. The molecule has 2 aromatic rings. The summed E-state index contributed by atoms with van der Waals surface area (Å²) in [4.78, 5) is 21.1. The summed E-state index contributed by atoms with van der Waals surface area (Å²) >= 11 is 2.87. The van der Waals surface area contributed by atoms with E-state index in [-0.39, 0.29) is 29.2 Å². The maximum Gasteiger partial charge on any atom is 0.230 e. The van der Waals surface area contributed by atoms with Crippen molar-refractivity contribution < 1.29 is 13.2 Å². The molecular weight excluding hydrogens is 330 g/mol. The Balaban J connectivity index is 1.58. The van der Waals surface area contributed by atoms with Crippen LogP contribution in [-0.2, 0) is 14.6 Å². The van der Waals surface area contributed by atoms with E-state index in [1.807, 2.05) is 11.4 Å². The Labute approximate surface area is 130 Å². The van der Waals surface area contributed by atoms with Gasteiger partial charge in [0.05, 0.1) is 17.3 Å². The molecule has 6 nitrogen and oxygen atoms in total. The number of nitrogens with one attached hydrogen (secondary N) is 1. The van der Waals surface area contributed by atoms with E-state index in [9.17, 15) is 13.2 Å². The SMILES string of the molecule is O=C(CSc1ncnc2sccc12)N[C@H]1CCS(=O)(=O)C1. The number of fused-ring (bicyclic) bond motifs is 1. The summed E-state index contributed by atoms with van der Waals surface area (Å²) in [6, 6.07) is 1.68. The van der Waals surface area contributed by atoms with Crippen molar-refractivity contribution in [2.24, 2.45) is 0 Å². The Bertz CT molecular complexity index is 772. The van der Waals surface area contributed by atoms with Crippen molar-refractivity contribution in [2.75, 3.05) is 17.3 Å². The predicted octanol–water partition coefficient (Wildman–Crippen LogP) is 1.09. The van der Waals surface area contributed by atoms with Crippen molar-refractivity contribution in [3.8, 4) is 0 Å². The topological polar surface area (TPSA) is 89.0 Å². The minimum Gasteiger partial charge on any atom is -0.352 e. The fourth-order valence-corrected chi connectivity index (χ4v) is 5.46. The second kappa shape index (κ2) is 5.90. The zero-order valence-electron chi connectivity index (χ0n) is 11.0. The van der Waals surface area contributed by atoms with E-state index in [1.165, 1.54) is 29.4 Å². The van der Waals surface area contributed by atoms with Crippen molar-refractivity contribution in [1.82, 2.24) is 15.3 Å². The summed E-state index contributed by atoms with van der Waals surface area (Å²) < 4.78 is 22.7. The van der Waals surface area contributed by atoms with Crippen LogP contribution in [0.4, 0.5) is 0 Å². The van der Waals surface area contributed by atoms with Crippen LogP contribution in [0, 0.1) is 0 Å². The van der Waals surface area contributed by atoms with Gasteiger partial charge in [0.2, 0.25) is 5.91 Å². The molecule has 0 unspecified atom stereocenters. The number of nitrogens with zero attached hydrogens (tertiary/aromatic N) is 2. The Morgan fingerprint density at radius 1 is 1.48 bits per heavy atom. The molecule has 0 aliphatic carbocycles. The van der Waals surface area contributed by atoms with Crippen LogP contribution in [0.2, 0.25) is 0 Å². The molecule has 1 fully saturated rings. The average Bonchev–Trinajstić information content (AvgIpc) is 3.03. The number of thiophene rings is 1. The van der Waals surface area contributed by atoms with Gasteiger partial charge >= 0.3 is 0 Å². The van der Waals surface area contributed by atoms with E-state index in [1.54, 1.807) is 0 Å². The molecule has 112 valence electrons. The smallest absolute Gasteiger partial charge is 0.230 e. The lowest BCUT2D eigenvalue weighted by Crippen LogP contribution is -2.36. The molecule has 1 aliphatic rings. The molecule has 9 heteroatoms. The normalized spacial score (nSPS) is 20.7. The van der Waals surface area contributed by atoms with E-state index in [0.717, 1.165) is 15.2 Å². The van der Waals surface area contributed by atoms with Gasteiger partial charge in [-0.2, -0.15) is 0 Å². The van der Waals surface area contributed by atoms with E-state index in [2.05, 4.69) is 15.3 Å². The van der Waals surface area contributed by atoms with Crippen molar-refractivity contribution in [2.45, 2.75) is 17.5 Å². The highest BCUT2D eigenvalue weighted by Crippen LogP contribution is 2.27. The van der Waals surface area contributed by atoms with Gasteiger partial charge in [0.1, 0.15) is 16.2 Å². The van der Waals surface area contributed by atoms with Crippen molar-refractivity contribution >= 4 is 49.1 Å². The Hall–Kier alpha value is -1.19. The van der Waals surface area contributed by atoms with Gasteiger partial charge in [0, 0.05) is 11.4 Å². The van der Waals surface area contributed by atoms with Crippen LogP contribution in [-0.4, -0.2) is 47.6 Å². The van der Waals surface area contributed by atoms with Crippen LogP contribution >= 0.6 is 23.1 Å². The highest BCUT2D eigenvalue weighted by atomic mass is 32.2. The molecule has 3 rings (SSSR count). The lowest BCUT2D eigenvalue weighted by molar-refractivity contribution is -0.119. The summed E-state index contributed by atoms with van der Waals surface area (Å²) in [7, 11) is -2.97. The fourth-order valence-electron chi connectivity index (χ4n) is 2.19. The number of rotatable bonds is 4. The molecule has 21 heavy (non-hydrogen) atoms. The van der Waals surface area contributed by atoms with Gasteiger partial charge < -0.3 is 5.32 Å². The largest absolute Gasteiger partial charge is 0.352 e. The molecule has 0 spiro atoms. The van der Waals surface area contributed by atoms with Gasteiger partial charge in [-0.05, 0) is 17.9 Å². The Morgan fingerprint density at radius 3 is 3.10 bits per heavy atom. The zero-order chi connectivity index (χ0) is 14.9. The summed E-state index contributed by atoms with van der Waals surface area (Å²) in [5, 5.41) is 6.43. The molecule has 0 bridgehead atoms. The maximum absolute atomic E-state index is 11.9. The van der Waals surface area contributed by atoms with Crippen LogP contribution < -0.4 is 5.32 Å². The number of hydrogen-bond donors (Lipinski definition) is 1. The van der Waals surface area contributed by atoms with Gasteiger partial charge in [-0.3, -0.25) is 4.79 Å². The second-order valence-electron chi connectivity index (χ2n) is 4.77. The molecule has 2 aromatic heterocycles. The number of sulfone groups is 1. The fraction of sp³-hybridized carbons (Fsp3) is 0.417. The number of carbonyl (C=O) groups excluding carboxylic acids is 1. The maximum atomic E-state index is 11.9. The summed E-state index contributed by atoms with van der Waals surface area (Å²) in [6.45, 7) is 0. The van der Waals surface area contributed by atoms with Crippen LogP contribution in [0.5, 0.6) is 0 Å². The number of carbonyl (C=O) groups is 1. The lowest BCUT2D eigenvalue weighted by Gasteiger charge is -2.10. The number of amides is 1. The van der Waals surface area contributed by atoms with Crippen LogP contribution in [0.1, 0.15) is 6.42 Å². The standard InChI is InChI=1S/C12H13N3O3S3/c16-10(15-8-2-4-21(17,18)6-8)5-20-12-9-1-3-19-11(9)13-7-14-12/h1,3,7-8H,2,4-6H2,(H,15,16)/t8-/m0/s1. The first kappa shape index (κ1) is 14.7. The third-order valence-electron chi connectivity index (χ3n) is 3.16. The molecule has 0 saturated carbocycles. The first-order valence-electron chi connectivity index (χ1n) is 6.34. The Morgan fingerprint density at radius 2 is 2.33 bits per heavy atom. The quantitative estimate of drug-likeness (QED) is 0.660. The van der Waals surface area contributed by atoms with Crippen molar-refractivity contribution in [3.63, 3.8) is 0 Å². The van der Waals surface area contributed by atoms with Crippen LogP contribution in [0.3, 0.4) is 0 Å². The van der Waals surface area contributed by atoms with Gasteiger partial charge in [0.25, 0.3) is 0 Å². The van der Waals surface area contributed by atoms with Crippen LogP contribution in [0.15, 0.2) is 22.8 Å². The molecule has 0 radical (unpaired) electrons. The average molecular weight is 343 g/mol. The molecule has 1 aliphatic heterocycles. The monoisotopic (exact) mass is 343 g/mol. The number of thioether (sulfide) groups is 1. The molecule has 3 heterocycles. The number of aromatic nitrogens is 2. The minimum absolute atomic E-state index is 0.0473. The van der Waals surface area contributed by atoms with Gasteiger partial charge in [-0.1, -0.05) is 11.8 Å². The van der Waals surface area contributed by atoms with Gasteiger partial charge in [-0.15, -0.1) is 11.3 Å². The number of hydrogen-bond acceptors (Lipinski definition) is 7. The summed E-state index contributed by atoms with van der Waals surface area (Å²) in [5.74, 6) is 0.264. The van der Waals surface area contributed by atoms with Crippen LogP contribution in [0.25, 0.3) is 10.2 Å². The highest BCUT2D eigenvalue weighted by molar-refractivity contribution is 8.00. The van der Waals surface area contributed by atoms with Gasteiger partial charge in [0.15, 0.2) is 9.84 Å².